The van der Waals surface area contributed by atoms with Crippen molar-refractivity contribution in [2.24, 2.45) is 11.1 Å². The van der Waals surface area contributed by atoms with Gasteiger partial charge in [0.1, 0.15) is 0 Å². The molecule has 1 atom stereocenters. The lowest BCUT2D eigenvalue weighted by Gasteiger charge is -2.40. The molecule has 2 heterocycles. The molecule has 1 saturated heterocycles. The minimum Gasteiger partial charge on any atom is -0.322 e. The lowest BCUT2D eigenvalue weighted by atomic mass is 9.74. The molecule has 1 aliphatic heterocycles. The predicted octanol–water partition coefficient (Wildman–Crippen LogP) is 2.06. The molecule has 0 saturated carbocycles. The summed E-state index contributed by atoms with van der Waals surface area (Å²) in [6.45, 7) is 2.30. The van der Waals surface area contributed by atoms with Crippen molar-refractivity contribution in [3.8, 4) is 0 Å². The summed E-state index contributed by atoms with van der Waals surface area (Å²) in [5.74, 6) is 0. The molecule has 1 fully saturated rings. The third-order valence-electron chi connectivity index (χ3n) is 4.15. The smallest absolute Gasteiger partial charge is 0.184 e. The normalized spacial score (nSPS) is 28.6. The van der Waals surface area contributed by atoms with E-state index in [4.69, 9.17) is 17.3 Å². The first-order valence-corrected chi connectivity index (χ1v) is 6.89. The van der Waals surface area contributed by atoms with Gasteiger partial charge in [-0.05, 0) is 44.8 Å². The maximum atomic E-state index is 6.38. The van der Waals surface area contributed by atoms with Gasteiger partial charge < -0.3 is 10.6 Å². The van der Waals surface area contributed by atoms with Crippen molar-refractivity contribution in [2.75, 3.05) is 20.1 Å². The van der Waals surface area contributed by atoms with Crippen molar-refractivity contribution in [1.29, 1.82) is 0 Å². The van der Waals surface area contributed by atoms with Gasteiger partial charge in [0.2, 0.25) is 0 Å². The molecule has 0 unspecified atom stereocenters. The molecule has 16 heavy (non-hydrogen) atoms. The Morgan fingerprint density at radius 3 is 2.81 bits per heavy atom. The van der Waals surface area contributed by atoms with Crippen LogP contribution in [-0.4, -0.2) is 30.0 Å². The van der Waals surface area contributed by atoms with Crippen LogP contribution in [0.3, 0.4) is 0 Å². The Bertz CT molecular complexity index is 409. The highest BCUT2D eigenvalue weighted by Gasteiger charge is 2.47. The van der Waals surface area contributed by atoms with Crippen molar-refractivity contribution in [3.05, 3.63) is 15.0 Å². The van der Waals surface area contributed by atoms with Crippen LogP contribution >= 0.6 is 22.9 Å². The van der Waals surface area contributed by atoms with Crippen molar-refractivity contribution in [2.45, 2.75) is 25.3 Å². The number of hydrogen-bond acceptors (Lipinski definition) is 4. The van der Waals surface area contributed by atoms with E-state index < -0.39 is 0 Å². The fourth-order valence-corrected chi connectivity index (χ4v) is 4.33. The highest BCUT2D eigenvalue weighted by Crippen LogP contribution is 2.52. The van der Waals surface area contributed by atoms with Crippen LogP contribution in [0.2, 0.25) is 4.47 Å². The zero-order chi connectivity index (χ0) is 11.3. The summed E-state index contributed by atoms with van der Waals surface area (Å²) >= 11 is 7.55. The second-order valence-electron chi connectivity index (χ2n) is 5.10. The molecule has 0 amide bonds. The largest absolute Gasteiger partial charge is 0.322 e. The average molecular weight is 258 g/mol. The van der Waals surface area contributed by atoms with Gasteiger partial charge in [0.05, 0.1) is 11.7 Å². The van der Waals surface area contributed by atoms with Gasteiger partial charge >= 0.3 is 0 Å². The number of hydrogen-bond donors (Lipinski definition) is 1. The molecular formula is C11H16ClN3S. The third-order valence-corrected chi connectivity index (χ3v) is 5.33. The van der Waals surface area contributed by atoms with E-state index >= 15 is 0 Å². The molecule has 1 spiro atoms. The molecular weight excluding hydrogens is 242 g/mol. The number of nitrogens with two attached hydrogens (primary N) is 1. The number of fused-ring (bicyclic) bond motifs is 1. The quantitative estimate of drug-likeness (QED) is 0.774. The Kier molecular flexibility index (Phi) is 2.51. The van der Waals surface area contributed by atoms with Crippen LogP contribution in [0.1, 0.15) is 29.5 Å². The van der Waals surface area contributed by atoms with Crippen LogP contribution in [0.4, 0.5) is 0 Å². The number of rotatable bonds is 0. The zero-order valence-corrected chi connectivity index (χ0v) is 10.9. The highest BCUT2D eigenvalue weighted by atomic mass is 35.5. The maximum absolute atomic E-state index is 6.38. The number of aromatic nitrogens is 1. The lowest BCUT2D eigenvalue weighted by Crippen LogP contribution is -2.42. The summed E-state index contributed by atoms with van der Waals surface area (Å²) in [6, 6.07) is 0.0972. The number of likely N-dealkylation sites (tertiary alicyclic amines) is 1. The summed E-state index contributed by atoms with van der Waals surface area (Å²) < 4.78 is 0.642. The second kappa shape index (κ2) is 3.67. The molecule has 3 rings (SSSR count). The molecule has 2 aliphatic rings. The van der Waals surface area contributed by atoms with Crippen LogP contribution in [-0.2, 0) is 6.42 Å². The second-order valence-corrected chi connectivity index (χ2v) is 6.76. The summed E-state index contributed by atoms with van der Waals surface area (Å²) in [4.78, 5) is 8.09. The number of piperidine rings is 1. The van der Waals surface area contributed by atoms with E-state index in [1.807, 2.05) is 0 Å². The molecule has 0 bridgehead atoms. The first-order chi connectivity index (χ1) is 7.61. The Morgan fingerprint density at radius 2 is 2.19 bits per heavy atom. The van der Waals surface area contributed by atoms with Crippen LogP contribution in [0.5, 0.6) is 0 Å². The average Bonchev–Trinajstić information content (AvgIpc) is 2.71. The lowest BCUT2D eigenvalue weighted by molar-refractivity contribution is 0.105. The first kappa shape index (κ1) is 11.0. The van der Waals surface area contributed by atoms with Gasteiger partial charge in [-0.1, -0.05) is 11.6 Å². The Hall–Kier alpha value is -0.160. The third kappa shape index (κ3) is 1.51. The van der Waals surface area contributed by atoms with Crippen LogP contribution in [0, 0.1) is 5.41 Å². The fourth-order valence-electron chi connectivity index (χ4n) is 2.97. The van der Waals surface area contributed by atoms with E-state index in [1.165, 1.54) is 17.7 Å². The van der Waals surface area contributed by atoms with Crippen LogP contribution in [0.25, 0.3) is 0 Å². The molecule has 0 radical (unpaired) electrons. The number of halogens is 1. The standard InChI is InChI=1S/C11H16ClN3S/c1-15-4-2-11(3-5-15)6-7-8(9(11)13)14-10(12)16-7/h9H,2-6,13H2,1H3/t9-/m0/s1. The van der Waals surface area contributed by atoms with Gasteiger partial charge in [-0.2, -0.15) is 0 Å². The summed E-state index contributed by atoms with van der Waals surface area (Å²) in [6.07, 6.45) is 3.46. The van der Waals surface area contributed by atoms with E-state index in [1.54, 1.807) is 11.3 Å². The van der Waals surface area contributed by atoms with Crippen molar-refractivity contribution >= 4 is 22.9 Å². The van der Waals surface area contributed by atoms with E-state index in [0.29, 0.717) is 4.47 Å². The van der Waals surface area contributed by atoms with E-state index in [0.717, 1.165) is 25.2 Å². The number of nitrogens with zero attached hydrogens (tertiary/aromatic N) is 2. The highest BCUT2D eigenvalue weighted by molar-refractivity contribution is 7.15. The van der Waals surface area contributed by atoms with Gasteiger partial charge in [0.15, 0.2) is 4.47 Å². The van der Waals surface area contributed by atoms with Gasteiger partial charge in [0.25, 0.3) is 0 Å². The zero-order valence-electron chi connectivity index (χ0n) is 9.37. The first-order valence-electron chi connectivity index (χ1n) is 5.70. The Labute approximate surface area is 105 Å². The van der Waals surface area contributed by atoms with Crippen molar-refractivity contribution < 1.29 is 0 Å². The molecule has 1 aromatic heterocycles. The fraction of sp³-hybridized carbons (Fsp3) is 0.727. The van der Waals surface area contributed by atoms with Crippen LogP contribution < -0.4 is 5.73 Å². The van der Waals surface area contributed by atoms with E-state index in [-0.39, 0.29) is 11.5 Å². The Balaban J connectivity index is 1.89. The summed E-state index contributed by atoms with van der Waals surface area (Å²) in [5.41, 5.74) is 7.72. The predicted molar refractivity (Wildman–Crippen MR) is 66.9 cm³/mol. The Morgan fingerprint density at radius 1 is 1.50 bits per heavy atom. The minimum absolute atomic E-state index is 0.0972. The topological polar surface area (TPSA) is 42.2 Å². The molecule has 1 aliphatic carbocycles. The molecule has 2 N–H and O–H groups in total. The van der Waals surface area contributed by atoms with Crippen LogP contribution in [0.15, 0.2) is 0 Å². The number of thiazole rings is 1. The minimum atomic E-state index is 0.0972. The summed E-state index contributed by atoms with van der Waals surface area (Å²) in [5, 5.41) is 0. The summed E-state index contributed by atoms with van der Waals surface area (Å²) in [7, 11) is 2.18. The molecule has 3 nitrogen and oxygen atoms in total. The van der Waals surface area contributed by atoms with Gasteiger partial charge in [-0.15, -0.1) is 11.3 Å². The van der Waals surface area contributed by atoms with E-state index in [9.17, 15) is 0 Å². The monoisotopic (exact) mass is 257 g/mol. The molecule has 0 aromatic carbocycles. The molecule has 88 valence electrons. The van der Waals surface area contributed by atoms with Gasteiger partial charge in [0, 0.05) is 4.88 Å². The van der Waals surface area contributed by atoms with Gasteiger partial charge in [-0.25, -0.2) is 4.98 Å². The maximum Gasteiger partial charge on any atom is 0.184 e. The molecule has 1 aromatic rings. The van der Waals surface area contributed by atoms with Crippen molar-refractivity contribution in [1.82, 2.24) is 9.88 Å². The van der Waals surface area contributed by atoms with E-state index in [2.05, 4.69) is 16.9 Å². The van der Waals surface area contributed by atoms with Crippen molar-refractivity contribution in [3.63, 3.8) is 0 Å². The molecule has 5 heteroatoms. The van der Waals surface area contributed by atoms with Gasteiger partial charge in [-0.3, -0.25) is 0 Å². The SMILES string of the molecule is CN1CCC2(CC1)Cc1sc(Cl)nc1[C@@H]2N.